The van der Waals surface area contributed by atoms with Gasteiger partial charge < -0.3 is 18.9 Å². The van der Waals surface area contributed by atoms with Gasteiger partial charge in [0.1, 0.15) is 5.82 Å². The van der Waals surface area contributed by atoms with Gasteiger partial charge in [0, 0.05) is 38.6 Å². The maximum atomic E-state index is 13.9. The lowest BCUT2D eigenvalue weighted by molar-refractivity contribution is -0.133. The SMILES string of the molecule is Cc1cn2cccc(OCC(=O)N3CCN(c4ccccc4F)CC3)c2n1. The van der Waals surface area contributed by atoms with E-state index in [2.05, 4.69) is 4.98 Å². The van der Waals surface area contributed by atoms with E-state index in [1.54, 1.807) is 17.0 Å². The number of hydrogen-bond donors (Lipinski definition) is 0. The molecule has 0 radical (unpaired) electrons. The lowest BCUT2D eigenvalue weighted by Crippen LogP contribution is -2.50. The molecule has 6 nitrogen and oxygen atoms in total. The number of fused-ring (bicyclic) bond motifs is 1. The Labute approximate surface area is 156 Å². The van der Waals surface area contributed by atoms with Gasteiger partial charge in [-0.15, -0.1) is 0 Å². The summed E-state index contributed by atoms with van der Waals surface area (Å²) in [4.78, 5) is 20.7. The zero-order valence-electron chi connectivity index (χ0n) is 15.1. The molecule has 1 amide bonds. The number of aryl methyl sites for hydroxylation is 1. The molecular formula is C20H21FN4O2. The minimum absolute atomic E-state index is 0.0364. The molecule has 0 atom stereocenters. The number of nitrogens with zero attached hydrogens (tertiary/aromatic N) is 4. The molecule has 140 valence electrons. The highest BCUT2D eigenvalue weighted by atomic mass is 19.1. The molecule has 7 heteroatoms. The summed E-state index contributed by atoms with van der Waals surface area (Å²) >= 11 is 0. The predicted molar refractivity (Wildman–Crippen MR) is 101 cm³/mol. The smallest absolute Gasteiger partial charge is 0.260 e. The maximum Gasteiger partial charge on any atom is 0.260 e. The van der Waals surface area contributed by atoms with Gasteiger partial charge in [-0.2, -0.15) is 0 Å². The number of ether oxygens (including phenoxy) is 1. The van der Waals surface area contributed by atoms with Gasteiger partial charge >= 0.3 is 0 Å². The first-order chi connectivity index (χ1) is 13.1. The summed E-state index contributed by atoms with van der Waals surface area (Å²) in [6.45, 7) is 4.16. The van der Waals surface area contributed by atoms with Crippen LogP contribution in [0.15, 0.2) is 48.8 Å². The standard InChI is InChI=1S/C20H21FN4O2/c1-15-13-25-8-4-7-18(20(25)22-15)27-14-19(26)24-11-9-23(10-12-24)17-6-3-2-5-16(17)21/h2-8,13H,9-12,14H2,1H3. The molecular weight excluding hydrogens is 347 g/mol. The molecule has 3 heterocycles. The number of carbonyl (C=O) groups is 1. The summed E-state index contributed by atoms with van der Waals surface area (Å²) in [5.41, 5.74) is 2.18. The Bertz CT molecular complexity index is 964. The van der Waals surface area contributed by atoms with Crippen molar-refractivity contribution in [2.45, 2.75) is 6.92 Å². The first-order valence-electron chi connectivity index (χ1n) is 8.96. The predicted octanol–water partition coefficient (Wildman–Crippen LogP) is 2.51. The fourth-order valence-corrected chi connectivity index (χ4v) is 3.36. The summed E-state index contributed by atoms with van der Waals surface area (Å²) in [6, 6.07) is 10.4. The number of piperazine rings is 1. The molecule has 0 N–H and O–H groups in total. The number of benzene rings is 1. The molecule has 0 aliphatic carbocycles. The number of hydrogen-bond acceptors (Lipinski definition) is 4. The van der Waals surface area contributed by atoms with E-state index in [0.717, 1.165) is 5.69 Å². The van der Waals surface area contributed by atoms with Crippen molar-refractivity contribution in [1.29, 1.82) is 0 Å². The summed E-state index contributed by atoms with van der Waals surface area (Å²) in [5.74, 6) is 0.279. The fourth-order valence-electron chi connectivity index (χ4n) is 3.36. The van der Waals surface area contributed by atoms with Gasteiger partial charge in [0.25, 0.3) is 5.91 Å². The van der Waals surface area contributed by atoms with Gasteiger partial charge in [-0.1, -0.05) is 12.1 Å². The second-order valence-electron chi connectivity index (χ2n) is 6.59. The third-order valence-electron chi connectivity index (χ3n) is 4.74. The zero-order valence-corrected chi connectivity index (χ0v) is 15.1. The van der Waals surface area contributed by atoms with Crippen molar-refractivity contribution in [2.75, 3.05) is 37.7 Å². The highest BCUT2D eigenvalue weighted by Gasteiger charge is 2.23. The van der Waals surface area contributed by atoms with Crippen molar-refractivity contribution >= 4 is 17.2 Å². The number of rotatable bonds is 4. The summed E-state index contributed by atoms with van der Waals surface area (Å²) in [5, 5.41) is 0. The summed E-state index contributed by atoms with van der Waals surface area (Å²) in [6.07, 6.45) is 3.80. The average Bonchev–Trinajstić information content (AvgIpc) is 3.07. The zero-order chi connectivity index (χ0) is 18.8. The second kappa shape index (κ2) is 7.26. The molecule has 2 aromatic heterocycles. The molecule has 1 aromatic carbocycles. The van der Waals surface area contributed by atoms with Gasteiger partial charge in [0.2, 0.25) is 0 Å². The molecule has 0 bridgehead atoms. The van der Waals surface area contributed by atoms with E-state index in [-0.39, 0.29) is 18.3 Å². The van der Waals surface area contributed by atoms with Crippen molar-refractivity contribution in [2.24, 2.45) is 0 Å². The third kappa shape index (κ3) is 3.58. The minimum Gasteiger partial charge on any atom is -0.480 e. The van der Waals surface area contributed by atoms with E-state index < -0.39 is 0 Å². The van der Waals surface area contributed by atoms with E-state index in [1.165, 1.54) is 6.07 Å². The van der Waals surface area contributed by atoms with Crippen LogP contribution in [0.2, 0.25) is 0 Å². The number of aromatic nitrogens is 2. The quantitative estimate of drug-likeness (QED) is 0.710. The van der Waals surface area contributed by atoms with Crippen molar-refractivity contribution in [3.05, 3.63) is 60.3 Å². The first-order valence-corrected chi connectivity index (χ1v) is 8.96. The minimum atomic E-state index is -0.233. The lowest BCUT2D eigenvalue weighted by atomic mass is 10.2. The molecule has 4 rings (SSSR count). The van der Waals surface area contributed by atoms with Gasteiger partial charge in [-0.3, -0.25) is 4.79 Å². The topological polar surface area (TPSA) is 50.1 Å². The van der Waals surface area contributed by atoms with Crippen molar-refractivity contribution in [3.63, 3.8) is 0 Å². The van der Waals surface area contributed by atoms with E-state index in [0.29, 0.717) is 43.3 Å². The average molecular weight is 368 g/mol. The Balaban J connectivity index is 1.35. The van der Waals surface area contributed by atoms with Crippen LogP contribution in [0.3, 0.4) is 0 Å². The Kier molecular flexibility index (Phi) is 4.66. The first kappa shape index (κ1) is 17.3. The molecule has 1 saturated heterocycles. The number of halogens is 1. The van der Waals surface area contributed by atoms with Crippen LogP contribution >= 0.6 is 0 Å². The van der Waals surface area contributed by atoms with Crippen LogP contribution in [-0.4, -0.2) is 53.0 Å². The van der Waals surface area contributed by atoms with Crippen molar-refractivity contribution in [3.8, 4) is 5.75 Å². The molecule has 1 aliphatic heterocycles. The number of para-hydroxylation sites is 1. The van der Waals surface area contributed by atoms with Crippen LogP contribution in [0.4, 0.5) is 10.1 Å². The molecule has 27 heavy (non-hydrogen) atoms. The normalized spacial score (nSPS) is 14.6. The van der Waals surface area contributed by atoms with Crippen molar-refractivity contribution < 1.29 is 13.9 Å². The third-order valence-corrected chi connectivity index (χ3v) is 4.74. The number of anilines is 1. The highest BCUT2D eigenvalue weighted by molar-refractivity contribution is 5.78. The van der Waals surface area contributed by atoms with Crippen LogP contribution in [0.5, 0.6) is 5.75 Å². The Morgan fingerprint density at radius 2 is 1.93 bits per heavy atom. The molecule has 0 saturated carbocycles. The van der Waals surface area contributed by atoms with E-state index in [9.17, 15) is 9.18 Å². The van der Waals surface area contributed by atoms with Crippen LogP contribution in [0.25, 0.3) is 5.65 Å². The monoisotopic (exact) mass is 368 g/mol. The van der Waals surface area contributed by atoms with E-state index >= 15 is 0 Å². The number of imidazole rings is 1. The highest BCUT2D eigenvalue weighted by Crippen LogP contribution is 2.21. The molecule has 1 aliphatic rings. The van der Waals surface area contributed by atoms with Gasteiger partial charge in [0.05, 0.1) is 11.4 Å². The Morgan fingerprint density at radius 1 is 1.15 bits per heavy atom. The van der Waals surface area contributed by atoms with Crippen LogP contribution < -0.4 is 9.64 Å². The Hall–Kier alpha value is -3.09. The Morgan fingerprint density at radius 3 is 2.70 bits per heavy atom. The van der Waals surface area contributed by atoms with Crippen molar-refractivity contribution in [1.82, 2.24) is 14.3 Å². The van der Waals surface area contributed by atoms with Gasteiger partial charge in [-0.25, -0.2) is 9.37 Å². The fraction of sp³-hybridized carbons (Fsp3) is 0.300. The van der Waals surface area contributed by atoms with Gasteiger partial charge in [0.15, 0.2) is 18.0 Å². The van der Waals surface area contributed by atoms with Gasteiger partial charge in [-0.05, 0) is 31.2 Å². The second-order valence-corrected chi connectivity index (χ2v) is 6.59. The van der Waals surface area contributed by atoms with E-state index in [1.807, 2.05) is 46.8 Å². The molecule has 1 fully saturated rings. The summed E-state index contributed by atoms with van der Waals surface area (Å²) in [7, 11) is 0. The molecule has 0 unspecified atom stereocenters. The molecule has 3 aromatic rings. The van der Waals surface area contributed by atoms with Crippen LogP contribution in [0.1, 0.15) is 5.69 Å². The largest absolute Gasteiger partial charge is 0.480 e. The van der Waals surface area contributed by atoms with E-state index in [4.69, 9.17) is 4.74 Å². The summed E-state index contributed by atoms with van der Waals surface area (Å²) < 4.78 is 21.5. The number of amides is 1. The van der Waals surface area contributed by atoms with Crippen LogP contribution in [0, 0.1) is 12.7 Å². The lowest BCUT2D eigenvalue weighted by Gasteiger charge is -2.36. The number of carbonyl (C=O) groups excluding carboxylic acids is 1. The maximum absolute atomic E-state index is 13.9. The number of pyridine rings is 1. The van der Waals surface area contributed by atoms with Crippen LogP contribution in [-0.2, 0) is 4.79 Å². The molecule has 0 spiro atoms.